The van der Waals surface area contributed by atoms with Crippen LogP contribution >= 0.6 is 0 Å². The molecule has 5 heteroatoms. The first-order valence-electron chi connectivity index (χ1n) is 9.47. The van der Waals surface area contributed by atoms with Crippen molar-refractivity contribution in [1.82, 2.24) is 15.2 Å². The number of rotatable bonds is 6. The summed E-state index contributed by atoms with van der Waals surface area (Å²) in [5, 5.41) is 3.02. The van der Waals surface area contributed by atoms with Gasteiger partial charge in [0, 0.05) is 30.6 Å². The number of aromatic nitrogens is 1. The molecule has 1 fully saturated rings. The molecule has 1 aromatic carbocycles. The first-order valence-corrected chi connectivity index (χ1v) is 9.47. The number of hydrogen-bond donors (Lipinski definition) is 1. The lowest BCUT2D eigenvalue weighted by atomic mass is 10.0. The number of carbonyl (C=O) groups is 1. The summed E-state index contributed by atoms with van der Waals surface area (Å²) in [6.07, 6.45) is 4.92. The lowest BCUT2D eigenvalue weighted by Crippen LogP contribution is -2.39. The van der Waals surface area contributed by atoms with Crippen LogP contribution in [0.25, 0.3) is 11.1 Å². The Balaban J connectivity index is 1.51. The number of fused-ring (bicyclic) bond motifs is 1. The van der Waals surface area contributed by atoms with E-state index in [1.807, 2.05) is 26.0 Å². The molecule has 2 heterocycles. The number of nitrogens with one attached hydrogen (secondary N) is 1. The van der Waals surface area contributed by atoms with E-state index < -0.39 is 0 Å². The molecule has 1 aliphatic rings. The van der Waals surface area contributed by atoms with Gasteiger partial charge in [0.05, 0.1) is 0 Å². The molecule has 1 amide bonds. The molecule has 25 heavy (non-hydrogen) atoms. The Morgan fingerprint density at radius 1 is 1.40 bits per heavy atom. The summed E-state index contributed by atoms with van der Waals surface area (Å²) in [6.45, 7) is 9.34. The Kier molecular flexibility index (Phi) is 5.74. The molecule has 0 bridgehead atoms. The standard InChI is InChI=1S/C20H29N3O2/c1-14(2)20-22-17-9-8-16(13-18(17)25-20)19(24)21-10-6-12-23-11-5-4-7-15(23)3/h8-9,13-15H,4-7,10-12H2,1-3H3,(H,21,24)/t15-/m1/s1. The Bertz CT molecular complexity index is 723. The maximum Gasteiger partial charge on any atom is 0.251 e. The van der Waals surface area contributed by atoms with Crippen LogP contribution in [0.4, 0.5) is 0 Å². The van der Waals surface area contributed by atoms with Crippen molar-refractivity contribution in [3.8, 4) is 0 Å². The fourth-order valence-corrected chi connectivity index (χ4v) is 3.41. The van der Waals surface area contributed by atoms with Crippen LogP contribution in [0, 0.1) is 0 Å². The maximum absolute atomic E-state index is 12.4. The van der Waals surface area contributed by atoms with Gasteiger partial charge in [-0.05, 0) is 50.9 Å². The van der Waals surface area contributed by atoms with Gasteiger partial charge < -0.3 is 14.6 Å². The van der Waals surface area contributed by atoms with Gasteiger partial charge in [-0.1, -0.05) is 20.3 Å². The van der Waals surface area contributed by atoms with Gasteiger partial charge in [0.15, 0.2) is 11.5 Å². The molecule has 1 atom stereocenters. The third-order valence-electron chi connectivity index (χ3n) is 5.01. The van der Waals surface area contributed by atoms with Gasteiger partial charge in [-0.25, -0.2) is 4.98 Å². The first-order chi connectivity index (χ1) is 12.0. The van der Waals surface area contributed by atoms with Gasteiger partial charge in [0.25, 0.3) is 5.91 Å². The molecular formula is C20H29N3O2. The second-order valence-electron chi connectivity index (χ2n) is 7.38. The highest BCUT2D eigenvalue weighted by molar-refractivity contribution is 5.97. The van der Waals surface area contributed by atoms with E-state index in [9.17, 15) is 4.79 Å². The molecule has 5 nitrogen and oxygen atoms in total. The van der Waals surface area contributed by atoms with Crippen molar-refractivity contribution in [3.63, 3.8) is 0 Å². The van der Waals surface area contributed by atoms with E-state index in [-0.39, 0.29) is 11.8 Å². The van der Waals surface area contributed by atoms with Crippen molar-refractivity contribution in [2.24, 2.45) is 0 Å². The second-order valence-corrected chi connectivity index (χ2v) is 7.38. The summed E-state index contributed by atoms with van der Waals surface area (Å²) in [7, 11) is 0. The number of oxazole rings is 1. The Hall–Kier alpha value is -1.88. The SMILES string of the molecule is CC(C)c1nc2ccc(C(=O)NCCCN3CCCC[C@H]3C)cc2o1. The van der Waals surface area contributed by atoms with E-state index in [1.54, 1.807) is 6.07 Å². The molecule has 1 aromatic heterocycles. The smallest absolute Gasteiger partial charge is 0.251 e. The quantitative estimate of drug-likeness (QED) is 0.807. The third-order valence-corrected chi connectivity index (χ3v) is 5.01. The zero-order valence-electron chi connectivity index (χ0n) is 15.5. The van der Waals surface area contributed by atoms with Gasteiger partial charge in [0.1, 0.15) is 5.52 Å². The van der Waals surface area contributed by atoms with E-state index in [0.29, 0.717) is 29.6 Å². The van der Waals surface area contributed by atoms with Crippen molar-refractivity contribution in [1.29, 1.82) is 0 Å². The highest BCUT2D eigenvalue weighted by Gasteiger charge is 2.17. The van der Waals surface area contributed by atoms with Gasteiger partial charge in [-0.3, -0.25) is 4.79 Å². The Labute approximate surface area is 149 Å². The van der Waals surface area contributed by atoms with Crippen molar-refractivity contribution in [2.75, 3.05) is 19.6 Å². The number of nitrogens with zero attached hydrogens (tertiary/aromatic N) is 2. The van der Waals surface area contributed by atoms with Crippen LogP contribution in [0.5, 0.6) is 0 Å². The summed E-state index contributed by atoms with van der Waals surface area (Å²) in [5.74, 6) is 0.904. The third kappa shape index (κ3) is 4.40. The molecule has 0 saturated carbocycles. The zero-order chi connectivity index (χ0) is 17.8. The fraction of sp³-hybridized carbons (Fsp3) is 0.600. The van der Waals surface area contributed by atoms with Crippen LogP contribution in [0.2, 0.25) is 0 Å². The monoisotopic (exact) mass is 343 g/mol. The van der Waals surface area contributed by atoms with Crippen LogP contribution < -0.4 is 5.32 Å². The molecule has 1 N–H and O–H groups in total. The molecule has 0 spiro atoms. The molecule has 2 aromatic rings. The predicted molar refractivity (Wildman–Crippen MR) is 99.9 cm³/mol. The molecule has 3 rings (SSSR count). The average molecular weight is 343 g/mol. The maximum atomic E-state index is 12.4. The molecule has 136 valence electrons. The Morgan fingerprint density at radius 2 is 2.24 bits per heavy atom. The second kappa shape index (κ2) is 8.00. The number of hydrogen-bond acceptors (Lipinski definition) is 4. The zero-order valence-corrected chi connectivity index (χ0v) is 15.5. The normalized spacial score (nSPS) is 18.8. The number of likely N-dealkylation sites (tertiary alicyclic amines) is 1. The minimum Gasteiger partial charge on any atom is -0.440 e. The average Bonchev–Trinajstić information content (AvgIpc) is 3.03. The molecule has 0 radical (unpaired) electrons. The largest absolute Gasteiger partial charge is 0.440 e. The lowest BCUT2D eigenvalue weighted by molar-refractivity contribution is 0.0949. The van der Waals surface area contributed by atoms with Crippen molar-refractivity contribution in [3.05, 3.63) is 29.7 Å². The molecule has 1 aliphatic heterocycles. The molecular weight excluding hydrogens is 314 g/mol. The molecule has 1 saturated heterocycles. The topological polar surface area (TPSA) is 58.4 Å². The summed E-state index contributed by atoms with van der Waals surface area (Å²) >= 11 is 0. The van der Waals surface area contributed by atoms with Crippen LogP contribution in [0.15, 0.2) is 22.6 Å². The number of benzene rings is 1. The van der Waals surface area contributed by atoms with Gasteiger partial charge in [0.2, 0.25) is 0 Å². The minimum atomic E-state index is -0.0453. The van der Waals surface area contributed by atoms with Crippen molar-refractivity contribution < 1.29 is 9.21 Å². The van der Waals surface area contributed by atoms with E-state index in [0.717, 1.165) is 18.5 Å². The van der Waals surface area contributed by atoms with E-state index >= 15 is 0 Å². The predicted octanol–water partition coefficient (Wildman–Crippen LogP) is 3.95. The van der Waals surface area contributed by atoms with E-state index in [1.165, 1.54) is 25.8 Å². The first kappa shape index (κ1) is 17.9. The highest BCUT2D eigenvalue weighted by atomic mass is 16.3. The van der Waals surface area contributed by atoms with Crippen LogP contribution in [0.1, 0.15) is 68.6 Å². The van der Waals surface area contributed by atoms with Crippen LogP contribution in [0.3, 0.4) is 0 Å². The van der Waals surface area contributed by atoms with Gasteiger partial charge >= 0.3 is 0 Å². The number of amides is 1. The summed E-state index contributed by atoms with van der Waals surface area (Å²) in [6, 6.07) is 6.14. The fourth-order valence-electron chi connectivity index (χ4n) is 3.41. The summed E-state index contributed by atoms with van der Waals surface area (Å²) in [4.78, 5) is 19.3. The molecule has 0 aliphatic carbocycles. The van der Waals surface area contributed by atoms with E-state index in [4.69, 9.17) is 4.42 Å². The van der Waals surface area contributed by atoms with Crippen molar-refractivity contribution in [2.45, 2.75) is 58.4 Å². The van der Waals surface area contributed by atoms with E-state index in [2.05, 4.69) is 22.1 Å². The molecule has 0 unspecified atom stereocenters. The minimum absolute atomic E-state index is 0.0453. The lowest BCUT2D eigenvalue weighted by Gasteiger charge is -2.33. The number of piperidine rings is 1. The Morgan fingerprint density at radius 3 is 3.00 bits per heavy atom. The van der Waals surface area contributed by atoms with Crippen LogP contribution in [-0.2, 0) is 0 Å². The highest BCUT2D eigenvalue weighted by Crippen LogP contribution is 2.22. The van der Waals surface area contributed by atoms with Gasteiger partial charge in [-0.2, -0.15) is 0 Å². The summed E-state index contributed by atoms with van der Waals surface area (Å²) in [5.41, 5.74) is 2.11. The summed E-state index contributed by atoms with van der Waals surface area (Å²) < 4.78 is 5.74. The van der Waals surface area contributed by atoms with Gasteiger partial charge in [-0.15, -0.1) is 0 Å². The van der Waals surface area contributed by atoms with Crippen molar-refractivity contribution >= 4 is 17.0 Å². The van der Waals surface area contributed by atoms with Crippen LogP contribution in [-0.4, -0.2) is 41.5 Å². The number of carbonyl (C=O) groups excluding carboxylic acids is 1.